The Morgan fingerprint density at radius 2 is 1.76 bits per heavy atom. The van der Waals surface area contributed by atoms with Gasteiger partial charge in [0.15, 0.2) is 0 Å². The molecule has 1 atom stereocenters. The lowest BCUT2D eigenvalue weighted by molar-refractivity contribution is 0.109. The SMILES string of the molecule is Cc1cc(N(C)C)nc(N2CCN(C[C@@H](O)c3ccccc3)CC2)n1. The summed E-state index contributed by atoms with van der Waals surface area (Å²) in [7, 11) is 3.99. The molecule has 0 radical (unpaired) electrons. The van der Waals surface area contributed by atoms with Crippen molar-refractivity contribution in [2.45, 2.75) is 13.0 Å². The van der Waals surface area contributed by atoms with Crippen LogP contribution >= 0.6 is 0 Å². The van der Waals surface area contributed by atoms with E-state index in [1.54, 1.807) is 0 Å². The fraction of sp³-hybridized carbons (Fsp3) is 0.474. The molecule has 1 saturated heterocycles. The van der Waals surface area contributed by atoms with Crippen LogP contribution in [0.2, 0.25) is 0 Å². The molecule has 2 heterocycles. The molecule has 6 nitrogen and oxygen atoms in total. The lowest BCUT2D eigenvalue weighted by Gasteiger charge is -2.36. The van der Waals surface area contributed by atoms with Crippen molar-refractivity contribution in [2.24, 2.45) is 0 Å². The standard InChI is InChI=1S/C19H27N5O/c1-15-13-18(22(2)3)21-19(20-15)24-11-9-23(10-12-24)14-17(25)16-7-5-4-6-8-16/h4-8,13,17,25H,9-12,14H2,1-3H3/t17-/m1/s1. The van der Waals surface area contributed by atoms with Gasteiger partial charge in [0.1, 0.15) is 5.82 Å². The van der Waals surface area contributed by atoms with E-state index in [0.29, 0.717) is 6.54 Å². The van der Waals surface area contributed by atoms with E-state index >= 15 is 0 Å². The molecule has 0 bridgehead atoms. The minimum Gasteiger partial charge on any atom is -0.387 e. The van der Waals surface area contributed by atoms with Gasteiger partial charge in [-0.2, -0.15) is 4.98 Å². The molecule has 2 aromatic rings. The number of benzene rings is 1. The fourth-order valence-corrected chi connectivity index (χ4v) is 3.06. The first-order valence-electron chi connectivity index (χ1n) is 8.76. The van der Waals surface area contributed by atoms with Crippen molar-refractivity contribution in [1.29, 1.82) is 0 Å². The number of hydrogen-bond acceptors (Lipinski definition) is 6. The minimum absolute atomic E-state index is 0.441. The second-order valence-corrected chi connectivity index (χ2v) is 6.78. The zero-order valence-corrected chi connectivity index (χ0v) is 15.3. The average molecular weight is 341 g/mol. The molecular weight excluding hydrogens is 314 g/mol. The number of rotatable bonds is 5. The van der Waals surface area contributed by atoms with Crippen molar-refractivity contribution in [3.8, 4) is 0 Å². The number of β-amino-alcohol motifs (C(OH)–C–C–N with tert-alkyl or cyclic N) is 1. The summed E-state index contributed by atoms with van der Waals surface area (Å²) in [6.45, 7) is 6.22. The molecule has 1 aromatic carbocycles. The van der Waals surface area contributed by atoms with E-state index < -0.39 is 6.10 Å². The smallest absolute Gasteiger partial charge is 0.227 e. The minimum atomic E-state index is -0.441. The Kier molecular flexibility index (Phi) is 5.50. The van der Waals surface area contributed by atoms with Gasteiger partial charge in [-0.05, 0) is 12.5 Å². The molecule has 0 spiro atoms. The molecule has 1 N–H and O–H groups in total. The number of aliphatic hydroxyl groups is 1. The van der Waals surface area contributed by atoms with Crippen molar-refractivity contribution >= 4 is 11.8 Å². The Bertz CT molecular complexity index is 683. The van der Waals surface area contributed by atoms with Gasteiger partial charge < -0.3 is 14.9 Å². The third-order valence-electron chi connectivity index (χ3n) is 4.56. The summed E-state index contributed by atoms with van der Waals surface area (Å²) in [4.78, 5) is 15.8. The van der Waals surface area contributed by atoms with Gasteiger partial charge in [-0.3, -0.25) is 4.90 Å². The molecule has 3 rings (SSSR count). The van der Waals surface area contributed by atoms with Gasteiger partial charge in [0, 0.05) is 58.6 Å². The summed E-state index contributed by atoms with van der Waals surface area (Å²) >= 11 is 0. The summed E-state index contributed by atoms with van der Waals surface area (Å²) in [6, 6.07) is 11.9. The van der Waals surface area contributed by atoms with Crippen LogP contribution in [-0.2, 0) is 0 Å². The van der Waals surface area contributed by atoms with Gasteiger partial charge in [0.25, 0.3) is 0 Å². The van der Waals surface area contributed by atoms with E-state index in [1.807, 2.05) is 62.3 Å². The Morgan fingerprint density at radius 3 is 2.40 bits per heavy atom. The number of aliphatic hydroxyl groups excluding tert-OH is 1. The number of nitrogens with zero attached hydrogens (tertiary/aromatic N) is 5. The number of aromatic nitrogens is 2. The van der Waals surface area contributed by atoms with E-state index in [1.165, 1.54) is 0 Å². The van der Waals surface area contributed by atoms with Gasteiger partial charge in [-0.25, -0.2) is 4.98 Å². The third-order valence-corrected chi connectivity index (χ3v) is 4.56. The largest absolute Gasteiger partial charge is 0.387 e. The zero-order chi connectivity index (χ0) is 17.8. The lowest BCUT2D eigenvalue weighted by atomic mass is 10.1. The van der Waals surface area contributed by atoms with Gasteiger partial charge in [0.05, 0.1) is 6.10 Å². The molecule has 134 valence electrons. The number of piperazine rings is 1. The molecule has 6 heteroatoms. The maximum absolute atomic E-state index is 10.4. The molecule has 1 fully saturated rings. The topological polar surface area (TPSA) is 55.7 Å². The molecule has 0 saturated carbocycles. The van der Waals surface area contributed by atoms with Crippen molar-refractivity contribution < 1.29 is 5.11 Å². The van der Waals surface area contributed by atoms with Gasteiger partial charge in [0.2, 0.25) is 5.95 Å². The van der Waals surface area contributed by atoms with Crippen LogP contribution in [0.1, 0.15) is 17.4 Å². The third kappa shape index (κ3) is 4.46. The van der Waals surface area contributed by atoms with Crippen LogP contribution < -0.4 is 9.80 Å². The summed E-state index contributed by atoms with van der Waals surface area (Å²) in [5.74, 6) is 1.73. The maximum atomic E-state index is 10.4. The highest BCUT2D eigenvalue weighted by molar-refractivity contribution is 5.45. The Balaban J connectivity index is 1.59. The molecule has 0 aliphatic carbocycles. The second kappa shape index (κ2) is 7.80. The van der Waals surface area contributed by atoms with E-state index in [0.717, 1.165) is 49.2 Å². The maximum Gasteiger partial charge on any atom is 0.227 e. The van der Waals surface area contributed by atoms with E-state index in [2.05, 4.69) is 19.8 Å². The molecular formula is C19H27N5O. The molecule has 1 aliphatic rings. The molecule has 0 unspecified atom stereocenters. The zero-order valence-electron chi connectivity index (χ0n) is 15.3. The predicted molar refractivity (Wildman–Crippen MR) is 101 cm³/mol. The number of anilines is 2. The molecule has 1 aliphatic heterocycles. The van der Waals surface area contributed by atoms with Gasteiger partial charge in [-0.1, -0.05) is 30.3 Å². The fourth-order valence-electron chi connectivity index (χ4n) is 3.06. The monoisotopic (exact) mass is 341 g/mol. The summed E-state index contributed by atoms with van der Waals surface area (Å²) in [5, 5.41) is 10.4. The molecule has 0 amide bonds. The Morgan fingerprint density at radius 1 is 1.08 bits per heavy atom. The average Bonchev–Trinajstić information content (AvgIpc) is 2.62. The molecule has 1 aromatic heterocycles. The highest BCUT2D eigenvalue weighted by Crippen LogP contribution is 2.19. The van der Waals surface area contributed by atoms with Crippen molar-refractivity contribution in [3.63, 3.8) is 0 Å². The van der Waals surface area contributed by atoms with Gasteiger partial charge in [-0.15, -0.1) is 0 Å². The summed E-state index contributed by atoms with van der Waals surface area (Å²) < 4.78 is 0. The summed E-state index contributed by atoms with van der Waals surface area (Å²) in [6.07, 6.45) is -0.441. The van der Waals surface area contributed by atoms with Crippen molar-refractivity contribution in [1.82, 2.24) is 14.9 Å². The number of aryl methyl sites for hydroxylation is 1. The van der Waals surface area contributed by atoms with Crippen LogP contribution in [0.4, 0.5) is 11.8 Å². The first-order chi connectivity index (χ1) is 12.0. The normalized spacial score (nSPS) is 16.7. The highest BCUT2D eigenvalue weighted by atomic mass is 16.3. The van der Waals surface area contributed by atoms with Crippen LogP contribution in [0.25, 0.3) is 0 Å². The lowest BCUT2D eigenvalue weighted by Crippen LogP contribution is -2.48. The Labute approximate surface area is 149 Å². The second-order valence-electron chi connectivity index (χ2n) is 6.78. The summed E-state index contributed by atoms with van der Waals surface area (Å²) in [5.41, 5.74) is 1.96. The van der Waals surface area contributed by atoms with Crippen LogP contribution in [0.15, 0.2) is 36.4 Å². The van der Waals surface area contributed by atoms with Crippen LogP contribution in [0, 0.1) is 6.92 Å². The van der Waals surface area contributed by atoms with E-state index in [9.17, 15) is 5.11 Å². The van der Waals surface area contributed by atoms with E-state index in [-0.39, 0.29) is 0 Å². The first-order valence-corrected chi connectivity index (χ1v) is 8.76. The van der Waals surface area contributed by atoms with Crippen molar-refractivity contribution in [2.75, 3.05) is 56.6 Å². The highest BCUT2D eigenvalue weighted by Gasteiger charge is 2.22. The van der Waals surface area contributed by atoms with Crippen molar-refractivity contribution in [3.05, 3.63) is 47.7 Å². The predicted octanol–water partition coefficient (Wildman–Crippen LogP) is 1.71. The molecule has 25 heavy (non-hydrogen) atoms. The Hall–Kier alpha value is -2.18. The van der Waals surface area contributed by atoms with Gasteiger partial charge >= 0.3 is 0 Å². The first kappa shape index (κ1) is 17.6. The van der Waals surface area contributed by atoms with Crippen LogP contribution in [0.5, 0.6) is 0 Å². The van der Waals surface area contributed by atoms with Crippen LogP contribution in [0.3, 0.4) is 0 Å². The van der Waals surface area contributed by atoms with E-state index in [4.69, 9.17) is 0 Å². The quantitative estimate of drug-likeness (QED) is 0.893. The van der Waals surface area contributed by atoms with Crippen LogP contribution in [-0.4, -0.2) is 66.8 Å². The number of hydrogen-bond donors (Lipinski definition) is 1.